The molecule has 164 valence electrons. The van der Waals surface area contributed by atoms with Crippen LogP contribution >= 0.6 is 0 Å². The fourth-order valence-corrected chi connectivity index (χ4v) is 3.47. The predicted octanol–water partition coefficient (Wildman–Crippen LogP) is 6.15. The summed E-state index contributed by atoms with van der Waals surface area (Å²) in [4.78, 5) is 9.39. The molecule has 1 saturated carbocycles. The van der Waals surface area contributed by atoms with Crippen molar-refractivity contribution in [1.29, 1.82) is 0 Å². The summed E-state index contributed by atoms with van der Waals surface area (Å²) in [6, 6.07) is 6.91. The average Bonchev–Trinajstić information content (AvgIpc) is 2.66. The van der Waals surface area contributed by atoms with Gasteiger partial charge < -0.3 is 14.4 Å². The Morgan fingerprint density at radius 1 is 1.03 bits per heavy atom. The summed E-state index contributed by atoms with van der Waals surface area (Å²) in [6.45, 7) is 5.64. The minimum Gasteiger partial charge on any atom is -0.486 e. The van der Waals surface area contributed by atoms with Gasteiger partial charge in [-0.2, -0.15) is 18.2 Å². The second-order valence-electron chi connectivity index (χ2n) is 8.51. The highest BCUT2D eigenvalue weighted by Gasteiger charge is 2.37. The van der Waals surface area contributed by atoms with E-state index in [1.54, 1.807) is 24.3 Å². The molecule has 2 aromatic rings. The molecule has 0 spiro atoms. The van der Waals surface area contributed by atoms with Gasteiger partial charge in [0.1, 0.15) is 23.0 Å². The van der Waals surface area contributed by atoms with Gasteiger partial charge in [-0.15, -0.1) is 0 Å². The maximum Gasteiger partial charge on any atom is 0.421 e. The molecule has 30 heavy (non-hydrogen) atoms. The number of para-hydroxylation sites is 2. The van der Waals surface area contributed by atoms with Crippen molar-refractivity contribution in [2.75, 3.05) is 11.9 Å². The van der Waals surface area contributed by atoms with Gasteiger partial charge in [0.25, 0.3) is 0 Å². The van der Waals surface area contributed by atoms with Crippen LogP contribution in [0.5, 0.6) is 11.8 Å². The number of ether oxygens (including phenoxy) is 2. The van der Waals surface area contributed by atoms with E-state index in [9.17, 15) is 13.2 Å². The number of halogens is 3. The first-order chi connectivity index (χ1) is 14.0. The molecule has 5 nitrogen and oxygen atoms in total. The van der Waals surface area contributed by atoms with Crippen LogP contribution < -0.4 is 14.4 Å². The fourth-order valence-electron chi connectivity index (χ4n) is 3.47. The molecule has 0 N–H and O–H groups in total. The number of hydrogen-bond donors (Lipinski definition) is 0. The van der Waals surface area contributed by atoms with Gasteiger partial charge in [0, 0.05) is 13.2 Å². The molecule has 0 bridgehead atoms. The highest BCUT2D eigenvalue weighted by Crippen LogP contribution is 2.41. The van der Waals surface area contributed by atoms with E-state index in [2.05, 4.69) is 9.97 Å². The van der Waals surface area contributed by atoms with E-state index in [1.807, 2.05) is 20.8 Å². The number of hydrogen-bond acceptors (Lipinski definition) is 5. The Morgan fingerprint density at radius 2 is 1.70 bits per heavy atom. The normalized spacial score (nSPS) is 15.7. The first kappa shape index (κ1) is 22.2. The lowest BCUT2D eigenvalue weighted by Crippen LogP contribution is -2.26. The van der Waals surface area contributed by atoms with Crippen LogP contribution in [-0.2, 0) is 6.18 Å². The van der Waals surface area contributed by atoms with E-state index >= 15 is 0 Å². The van der Waals surface area contributed by atoms with Crippen LogP contribution in [0.4, 0.5) is 24.7 Å². The highest BCUT2D eigenvalue weighted by molar-refractivity contribution is 5.68. The Bertz CT molecular complexity index is 859. The Labute approximate surface area is 175 Å². The Balaban J connectivity index is 1.99. The fraction of sp³-hybridized carbons (Fsp3) is 0.545. The lowest BCUT2D eigenvalue weighted by Gasteiger charge is -2.28. The molecule has 3 rings (SSSR count). The van der Waals surface area contributed by atoms with Crippen LogP contribution in [0.15, 0.2) is 30.5 Å². The van der Waals surface area contributed by atoms with Crippen LogP contribution in [-0.4, -0.2) is 28.7 Å². The van der Waals surface area contributed by atoms with E-state index in [0.717, 1.165) is 38.3 Å². The van der Waals surface area contributed by atoms with Gasteiger partial charge in [0.2, 0.25) is 0 Å². The zero-order valence-corrected chi connectivity index (χ0v) is 17.8. The SMILES string of the molecule is CN(c1ccccc1OC(C)(C)C)c1nc(OC2CCCCC2)ncc1C(F)(F)F. The molecule has 8 heteroatoms. The van der Waals surface area contributed by atoms with Gasteiger partial charge in [-0.05, 0) is 58.6 Å². The summed E-state index contributed by atoms with van der Waals surface area (Å²) in [5.74, 6) is 0.197. The number of anilines is 2. The van der Waals surface area contributed by atoms with Crippen molar-refractivity contribution in [1.82, 2.24) is 9.97 Å². The van der Waals surface area contributed by atoms with Crippen LogP contribution in [0, 0.1) is 0 Å². The minimum atomic E-state index is -4.60. The molecule has 1 aliphatic carbocycles. The Kier molecular flexibility index (Phi) is 6.43. The second kappa shape index (κ2) is 8.70. The van der Waals surface area contributed by atoms with E-state index in [0.29, 0.717) is 11.4 Å². The van der Waals surface area contributed by atoms with Crippen molar-refractivity contribution >= 4 is 11.5 Å². The third kappa shape index (κ3) is 5.55. The summed E-state index contributed by atoms with van der Waals surface area (Å²) >= 11 is 0. The third-order valence-corrected chi connectivity index (χ3v) is 4.84. The molecule has 0 atom stereocenters. The third-order valence-electron chi connectivity index (χ3n) is 4.84. The number of rotatable bonds is 5. The zero-order valence-electron chi connectivity index (χ0n) is 17.8. The molecule has 1 aromatic carbocycles. The molecule has 1 aromatic heterocycles. The van der Waals surface area contributed by atoms with Crippen molar-refractivity contribution in [2.24, 2.45) is 0 Å². The summed E-state index contributed by atoms with van der Waals surface area (Å²) < 4.78 is 52.9. The molecular formula is C22H28F3N3O2. The van der Waals surface area contributed by atoms with Gasteiger partial charge in [-0.1, -0.05) is 18.6 Å². The van der Waals surface area contributed by atoms with Crippen molar-refractivity contribution in [3.05, 3.63) is 36.0 Å². The van der Waals surface area contributed by atoms with Gasteiger partial charge in [0.15, 0.2) is 5.82 Å². The highest BCUT2D eigenvalue weighted by atomic mass is 19.4. The van der Waals surface area contributed by atoms with E-state index in [1.165, 1.54) is 11.9 Å². The van der Waals surface area contributed by atoms with Crippen molar-refractivity contribution in [2.45, 2.75) is 70.8 Å². The Hall–Kier alpha value is -2.51. The molecule has 0 unspecified atom stereocenters. The van der Waals surface area contributed by atoms with Gasteiger partial charge in [-0.3, -0.25) is 0 Å². The van der Waals surface area contributed by atoms with Crippen LogP contribution in [0.2, 0.25) is 0 Å². The summed E-state index contributed by atoms with van der Waals surface area (Å²) in [6.07, 6.45) is 1.06. The maximum atomic E-state index is 13.7. The summed E-state index contributed by atoms with van der Waals surface area (Å²) in [7, 11) is 1.53. The van der Waals surface area contributed by atoms with E-state index < -0.39 is 17.3 Å². The Morgan fingerprint density at radius 3 is 2.33 bits per heavy atom. The molecule has 1 aliphatic rings. The molecule has 0 aliphatic heterocycles. The first-order valence-corrected chi connectivity index (χ1v) is 10.2. The standard InChI is InChI=1S/C22H28F3N3O2/c1-21(2,3)30-18-13-9-8-12-17(18)28(4)19-16(22(23,24)25)14-26-20(27-19)29-15-10-6-5-7-11-15/h8-9,12-15H,5-7,10-11H2,1-4H3. The lowest BCUT2D eigenvalue weighted by atomic mass is 9.98. The topological polar surface area (TPSA) is 47.5 Å². The lowest BCUT2D eigenvalue weighted by molar-refractivity contribution is -0.137. The van der Waals surface area contributed by atoms with Crippen molar-refractivity contribution < 1.29 is 22.6 Å². The molecule has 0 amide bonds. The van der Waals surface area contributed by atoms with Gasteiger partial charge in [0.05, 0.1) is 5.69 Å². The van der Waals surface area contributed by atoms with E-state index in [4.69, 9.17) is 9.47 Å². The number of aromatic nitrogens is 2. The number of nitrogens with zero attached hydrogens (tertiary/aromatic N) is 3. The van der Waals surface area contributed by atoms with Crippen LogP contribution in [0.3, 0.4) is 0 Å². The summed E-state index contributed by atoms with van der Waals surface area (Å²) in [5, 5.41) is 0. The minimum absolute atomic E-state index is 0.0361. The monoisotopic (exact) mass is 423 g/mol. The summed E-state index contributed by atoms with van der Waals surface area (Å²) in [5.41, 5.74) is -0.961. The van der Waals surface area contributed by atoms with Gasteiger partial charge >= 0.3 is 12.2 Å². The predicted molar refractivity (Wildman–Crippen MR) is 109 cm³/mol. The number of benzene rings is 1. The smallest absolute Gasteiger partial charge is 0.421 e. The van der Waals surface area contributed by atoms with E-state index in [-0.39, 0.29) is 17.9 Å². The largest absolute Gasteiger partial charge is 0.486 e. The van der Waals surface area contributed by atoms with Crippen LogP contribution in [0.25, 0.3) is 0 Å². The maximum absolute atomic E-state index is 13.7. The first-order valence-electron chi connectivity index (χ1n) is 10.2. The second-order valence-corrected chi connectivity index (χ2v) is 8.51. The molecule has 0 radical (unpaired) electrons. The van der Waals surface area contributed by atoms with Crippen molar-refractivity contribution in [3.8, 4) is 11.8 Å². The number of alkyl halides is 3. The molecular weight excluding hydrogens is 395 g/mol. The zero-order chi connectivity index (χ0) is 21.9. The molecule has 0 saturated heterocycles. The quantitative estimate of drug-likeness (QED) is 0.577. The molecule has 1 heterocycles. The van der Waals surface area contributed by atoms with Gasteiger partial charge in [-0.25, -0.2) is 4.98 Å². The van der Waals surface area contributed by atoms with Crippen LogP contribution in [0.1, 0.15) is 58.4 Å². The average molecular weight is 423 g/mol. The van der Waals surface area contributed by atoms with Crippen molar-refractivity contribution in [3.63, 3.8) is 0 Å². The molecule has 1 fully saturated rings.